The molecule has 0 atom stereocenters. The second kappa shape index (κ2) is 8.22. The van der Waals surface area contributed by atoms with Gasteiger partial charge in [-0.05, 0) is 48.7 Å². The number of benzene rings is 2. The van der Waals surface area contributed by atoms with E-state index in [0.29, 0.717) is 42.9 Å². The summed E-state index contributed by atoms with van der Waals surface area (Å²) in [7, 11) is 0. The van der Waals surface area contributed by atoms with Crippen LogP contribution in [0.3, 0.4) is 0 Å². The highest BCUT2D eigenvalue weighted by atomic mass is 35.5. The summed E-state index contributed by atoms with van der Waals surface area (Å²) in [6.45, 7) is 3.91. The third-order valence-corrected chi connectivity index (χ3v) is 6.91. The van der Waals surface area contributed by atoms with Crippen LogP contribution in [0, 0.1) is 13.8 Å². The fraction of sp³-hybridized carbons (Fsp3) is 0.136. The third-order valence-electron chi connectivity index (χ3n) is 4.94. The normalized spacial score (nSPS) is 11.1. The second-order valence-corrected chi connectivity index (χ2v) is 8.69. The lowest BCUT2D eigenvalue weighted by Crippen LogP contribution is -2.21. The number of amides is 1. The number of thiophene rings is 1. The summed E-state index contributed by atoms with van der Waals surface area (Å²) in [6.07, 6.45) is 1.49. The Kier molecular flexibility index (Phi) is 5.64. The standard InChI is InChI=1S/C22H17Cl2N3O2S/c1-12-15(23)8-5-9-17(12)26-20(28)19-13(2)18-21(30-19)25-11-27(22(18)29)10-14-6-3-4-7-16(14)24/h3-9,11H,10H2,1-2H3,(H,26,28). The van der Waals surface area contributed by atoms with E-state index in [1.807, 2.05) is 25.1 Å². The van der Waals surface area contributed by atoms with Crippen LogP contribution < -0.4 is 10.9 Å². The monoisotopic (exact) mass is 457 g/mol. The molecule has 2 aromatic carbocycles. The molecule has 152 valence electrons. The molecule has 0 fully saturated rings. The molecule has 0 spiro atoms. The zero-order valence-corrected chi connectivity index (χ0v) is 18.5. The largest absolute Gasteiger partial charge is 0.321 e. The van der Waals surface area contributed by atoms with Gasteiger partial charge in [0.2, 0.25) is 0 Å². The highest BCUT2D eigenvalue weighted by molar-refractivity contribution is 7.20. The van der Waals surface area contributed by atoms with E-state index in [1.165, 1.54) is 22.2 Å². The Morgan fingerprint density at radius 2 is 1.80 bits per heavy atom. The topological polar surface area (TPSA) is 64.0 Å². The summed E-state index contributed by atoms with van der Waals surface area (Å²) in [5.41, 5.74) is 2.65. The van der Waals surface area contributed by atoms with Gasteiger partial charge in [0.1, 0.15) is 4.83 Å². The first-order valence-electron chi connectivity index (χ1n) is 9.15. The maximum absolute atomic E-state index is 13.1. The summed E-state index contributed by atoms with van der Waals surface area (Å²) in [5.74, 6) is -0.294. The van der Waals surface area contributed by atoms with Crippen molar-refractivity contribution in [2.24, 2.45) is 0 Å². The van der Waals surface area contributed by atoms with Gasteiger partial charge in [-0.25, -0.2) is 4.98 Å². The number of carbonyl (C=O) groups is 1. The lowest BCUT2D eigenvalue weighted by atomic mass is 10.1. The Bertz CT molecular complexity index is 1340. The van der Waals surface area contributed by atoms with Crippen molar-refractivity contribution >= 4 is 56.3 Å². The minimum absolute atomic E-state index is 0.202. The van der Waals surface area contributed by atoms with E-state index in [9.17, 15) is 9.59 Å². The Morgan fingerprint density at radius 1 is 1.07 bits per heavy atom. The number of nitrogens with one attached hydrogen (secondary N) is 1. The van der Waals surface area contributed by atoms with Crippen LogP contribution in [0.1, 0.15) is 26.4 Å². The van der Waals surface area contributed by atoms with E-state index in [2.05, 4.69) is 10.3 Å². The van der Waals surface area contributed by atoms with Gasteiger partial charge in [0.25, 0.3) is 11.5 Å². The Morgan fingerprint density at radius 3 is 2.57 bits per heavy atom. The molecule has 2 heterocycles. The molecular weight excluding hydrogens is 441 g/mol. The molecule has 4 rings (SSSR count). The molecule has 0 aliphatic heterocycles. The van der Waals surface area contributed by atoms with Crippen LogP contribution in [0.5, 0.6) is 0 Å². The van der Waals surface area contributed by atoms with Crippen LogP contribution in [-0.2, 0) is 6.54 Å². The minimum Gasteiger partial charge on any atom is -0.321 e. The van der Waals surface area contributed by atoms with Gasteiger partial charge in [-0.1, -0.05) is 47.5 Å². The molecule has 0 saturated heterocycles. The highest BCUT2D eigenvalue weighted by Crippen LogP contribution is 2.29. The molecule has 0 saturated carbocycles. The highest BCUT2D eigenvalue weighted by Gasteiger charge is 2.20. The number of hydrogen-bond donors (Lipinski definition) is 1. The Balaban J connectivity index is 1.71. The van der Waals surface area contributed by atoms with Crippen molar-refractivity contribution in [3.8, 4) is 0 Å². The van der Waals surface area contributed by atoms with E-state index >= 15 is 0 Å². The number of aromatic nitrogens is 2. The van der Waals surface area contributed by atoms with Crippen LogP contribution in [0.15, 0.2) is 53.6 Å². The Labute approximate surface area is 186 Å². The van der Waals surface area contributed by atoms with E-state index < -0.39 is 0 Å². The minimum atomic E-state index is -0.294. The number of fused-ring (bicyclic) bond motifs is 1. The summed E-state index contributed by atoms with van der Waals surface area (Å²) in [5, 5.41) is 4.49. The molecule has 0 aliphatic rings. The van der Waals surface area contributed by atoms with E-state index in [-0.39, 0.29) is 11.5 Å². The van der Waals surface area contributed by atoms with Gasteiger partial charge in [0, 0.05) is 15.7 Å². The average Bonchev–Trinajstić information content (AvgIpc) is 3.06. The first-order chi connectivity index (χ1) is 14.4. The number of carbonyl (C=O) groups excluding carboxylic acids is 1. The van der Waals surface area contributed by atoms with Crippen molar-refractivity contribution in [3.05, 3.63) is 90.8 Å². The van der Waals surface area contributed by atoms with Crippen molar-refractivity contribution in [1.82, 2.24) is 9.55 Å². The predicted octanol–water partition coefficient (Wildman–Crippen LogP) is 5.68. The molecular formula is C22H17Cl2N3O2S. The number of halogens is 2. The van der Waals surface area contributed by atoms with Gasteiger partial charge in [-0.2, -0.15) is 0 Å². The van der Waals surface area contributed by atoms with Gasteiger partial charge >= 0.3 is 0 Å². The maximum Gasteiger partial charge on any atom is 0.266 e. The quantitative estimate of drug-likeness (QED) is 0.428. The zero-order valence-electron chi connectivity index (χ0n) is 16.2. The van der Waals surface area contributed by atoms with Crippen molar-refractivity contribution < 1.29 is 4.79 Å². The molecule has 4 aromatic rings. The lowest BCUT2D eigenvalue weighted by molar-refractivity contribution is 0.103. The van der Waals surface area contributed by atoms with Gasteiger partial charge < -0.3 is 5.32 Å². The Hall–Kier alpha value is -2.67. The van der Waals surface area contributed by atoms with E-state index in [0.717, 1.165) is 11.1 Å². The van der Waals surface area contributed by atoms with Crippen LogP contribution in [-0.4, -0.2) is 15.5 Å². The SMILES string of the molecule is Cc1c(Cl)cccc1NC(=O)c1sc2ncn(Cc3ccccc3Cl)c(=O)c2c1C. The van der Waals surface area contributed by atoms with Gasteiger partial charge in [-0.15, -0.1) is 11.3 Å². The molecule has 0 unspecified atom stereocenters. The molecule has 1 amide bonds. The van der Waals surface area contributed by atoms with E-state index in [4.69, 9.17) is 23.2 Å². The summed E-state index contributed by atoms with van der Waals surface area (Å²) >= 11 is 13.6. The van der Waals surface area contributed by atoms with Crippen LogP contribution >= 0.6 is 34.5 Å². The molecule has 30 heavy (non-hydrogen) atoms. The fourth-order valence-corrected chi connectivity index (χ4v) is 4.63. The van der Waals surface area contributed by atoms with Crippen molar-refractivity contribution in [1.29, 1.82) is 0 Å². The number of rotatable bonds is 4. The van der Waals surface area contributed by atoms with Crippen molar-refractivity contribution in [3.63, 3.8) is 0 Å². The summed E-state index contributed by atoms with van der Waals surface area (Å²) < 4.78 is 1.51. The van der Waals surface area contributed by atoms with Crippen molar-refractivity contribution in [2.75, 3.05) is 5.32 Å². The number of anilines is 1. The molecule has 5 nitrogen and oxygen atoms in total. The first kappa shape index (κ1) is 20.6. The fourth-order valence-electron chi connectivity index (χ4n) is 3.22. The summed E-state index contributed by atoms with van der Waals surface area (Å²) in [4.78, 5) is 31.4. The molecule has 1 N–H and O–H groups in total. The number of hydrogen-bond acceptors (Lipinski definition) is 4. The molecule has 8 heteroatoms. The van der Waals surface area contributed by atoms with Crippen LogP contribution in [0.2, 0.25) is 10.0 Å². The maximum atomic E-state index is 13.1. The lowest BCUT2D eigenvalue weighted by Gasteiger charge is -2.09. The van der Waals surface area contributed by atoms with Crippen molar-refractivity contribution in [2.45, 2.75) is 20.4 Å². The van der Waals surface area contributed by atoms with Crippen LogP contribution in [0.25, 0.3) is 10.2 Å². The summed E-state index contributed by atoms with van der Waals surface area (Å²) in [6, 6.07) is 12.7. The number of nitrogens with zero attached hydrogens (tertiary/aromatic N) is 2. The molecule has 0 radical (unpaired) electrons. The van der Waals surface area contributed by atoms with Gasteiger partial charge in [0.15, 0.2) is 0 Å². The first-order valence-corrected chi connectivity index (χ1v) is 10.7. The van der Waals surface area contributed by atoms with Crippen LogP contribution in [0.4, 0.5) is 5.69 Å². The number of aryl methyl sites for hydroxylation is 1. The second-order valence-electron chi connectivity index (χ2n) is 6.87. The zero-order chi connectivity index (χ0) is 21.4. The predicted molar refractivity (Wildman–Crippen MR) is 123 cm³/mol. The smallest absolute Gasteiger partial charge is 0.266 e. The average molecular weight is 458 g/mol. The molecule has 0 bridgehead atoms. The van der Waals surface area contributed by atoms with Gasteiger partial charge in [-0.3, -0.25) is 14.2 Å². The third kappa shape index (κ3) is 3.74. The molecule has 0 aliphatic carbocycles. The van der Waals surface area contributed by atoms with Gasteiger partial charge in [0.05, 0.1) is 23.1 Å². The molecule has 2 aromatic heterocycles. The van der Waals surface area contributed by atoms with E-state index in [1.54, 1.807) is 31.2 Å².